The zero-order chi connectivity index (χ0) is 27.1. The lowest BCUT2D eigenvalue weighted by Gasteiger charge is -2.32. The zero-order valence-corrected chi connectivity index (χ0v) is 20.9. The summed E-state index contributed by atoms with van der Waals surface area (Å²) in [4.78, 5) is 28.8. The number of pyridine rings is 1. The molecule has 39 heavy (non-hydrogen) atoms. The van der Waals surface area contributed by atoms with Gasteiger partial charge >= 0.3 is 6.18 Å². The highest BCUT2D eigenvalue weighted by Crippen LogP contribution is 2.38. The number of nitrogens with zero attached hydrogens (tertiary/aromatic N) is 6. The SMILES string of the molecule is O=C(NC1CCCC(n2c(-c3ccccc3F)nc3cnc(-c4ncn[nH]4)cc32)C1)c1ncc(C(F)(F)F)s1. The van der Waals surface area contributed by atoms with Crippen LogP contribution in [0, 0.1) is 5.82 Å². The predicted molar refractivity (Wildman–Crippen MR) is 134 cm³/mol. The second kappa shape index (κ2) is 9.84. The van der Waals surface area contributed by atoms with Crippen molar-refractivity contribution in [2.75, 3.05) is 0 Å². The number of hydrogen-bond donors (Lipinski definition) is 2. The Labute approximate surface area is 222 Å². The Kier molecular flexibility index (Phi) is 6.33. The first-order valence-electron chi connectivity index (χ1n) is 12.1. The number of aromatic nitrogens is 7. The van der Waals surface area contributed by atoms with E-state index in [1.165, 1.54) is 12.4 Å². The Morgan fingerprint density at radius 2 is 1.97 bits per heavy atom. The van der Waals surface area contributed by atoms with Gasteiger partial charge in [0.2, 0.25) is 0 Å². The van der Waals surface area contributed by atoms with Gasteiger partial charge in [-0.3, -0.25) is 14.9 Å². The fraction of sp³-hybridized carbons (Fsp3) is 0.280. The number of amides is 1. The molecule has 4 aromatic heterocycles. The molecule has 0 spiro atoms. The van der Waals surface area contributed by atoms with E-state index in [0.29, 0.717) is 64.3 Å². The largest absolute Gasteiger partial charge is 0.427 e. The van der Waals surface area contributed by atoms with Gasteiger partial charge in [-0.15, -0.1) is 11.3 Å². The van der Waals surface area contributed by atoms with E-state index in [2.05, 4.69) is 30.5 Å². The summed E-state index contributed by atoms with van der Waals surface area (Å²) in [5, 5.41) is 9.26. The summed E-state index contributed by atoms with van der Waals surface area (Å²) >= 11 is 0.313. The highest BCUT2D eigenvalue weighted by Gasteiger charge is 2.35. The Morgan fingerprint density at radius 1 is 1.13 bits per heavy atom. The van der Waals surface area contributed by atoms with Crippen molar-refractivity contribution in [3.05, 3.63) is 64.8 Å². The molecule has 2 unspecified atom stereocenters. The third kappa shape index (κ3) is 4.87. The maximum atomic E-state index is 14.9. The number of carbonyl (C=O) groups excluding carboxylic acids is 1. The van der Waals surface area contributed by atoms with E-state index in [0.717, 1.165) is 12.8 Å². The smallest absolute Gasteiger partial charge is 0.347 e. The molecule has 0 radical (unpaired) electrons. The first kappa shape index (κ1) is 25.1. The molecule has 1 aromatic carbocycles. The average Bonchev–Trinajstić information content (AvgIpc) is 3.68. The van der Waals surface area contributed by atoms with E-state index in [4.69, 9.17) is 4.98 Å². The van der Waals surface area contributed by atoms with Crippen LogP contribution in [-0.4, -0.2) is 46.6 Å². The first-order valence-corrected chi connectivity index (χ1v) is 12.9. The molecule has 0 aliphatic heterocycles. The minimum absolute atomic E-state index is 0.185. The molecule has 1 amide bonds. The molecule has 1 aliphatic rings. The second-order valence-corrected chi connectivity index (χ2v) is 10.2. The van der Waals surface area contributed by atoms with Crippen LogP contribution in [0.25, 0.3) is 33.9 Å². The number of rotatable bonds is 5. The lowest BCUT2D eigenvalue weighted by molar-refractivity contribution is -0.134. The number of nitrogens with one attached hydrogen (secondary N) is 2. The van der Waals surface area contributed by atoms with Crippen LogP contribution in [0.3, 0.4) is 0 Å². The molecule has 6 rings (SSSR count). The number of aromatic amines is 1. The number of carbonyl (C=O) groups is 1. The van der Waals surface area contributed by atoms with E-state index in [-0.39, 0.29) is 17.1 Å². The van der Waals surface area contributed by atoms with Crippen molar-refractivity contribution >= 4 is 28.3 Å². The molecule has 0 bridgehead atoms. The second-order valence-electron chi connectivity index (χ2n) is 9.20. The molecule has 9 nitrogen and oxygen atoms in total. The summed E-state index contributed by atoms with van der Waals surface area (Å²) in [5.74, 6) is -0.191. The molecular weight excluding hydrogens is 536 g/mol. The van der Waals surface area contributed by atoms with Gasteiger partial charge in [-0.1, -0.05) is 12.1 Å². The number of benzene rings is 1. The summed E-state index contributed by atoms with van der Waals surface area (Å²) in [5.41, 5.74) is 2.13. The highest BCUT2D eigenvalue weighted by atomic mass is 32.1. The molecular formula is C25H20F4N8OS. The Hall–Kier alpha value is -4.20. The molecule has 4 heterocycles. The number of hydrogen-bond acceptors (Lipinski definition) is 7. The highest BCUT2D eigenvalue weighted by molar-refractivity contribution is 7.13. The van der Waals surface area contributed by atoms with Crippen molar-refractivity contribution in [2.24, 2.45) is 0 Å². The molecule has 1 saturated carbocycles. The number of halogens is 4. The maximum absolute atomic E-state index is 14.9. The molecule has 2 atom stereocenters. The van der Waals surface area contributed by atoms with Crippen LogP contribution >= 0.6 is 11.3 Å². The van der Waals surface area contributed by atoms with Gasteiger partial charge in [0.05, 0.1) is 23.5 Å². The number of alkyl halides is 3. The quantitative estimate of drug-likeness (QED) is 0.280. The minimum atomic E-state index is -4.56. The van der Waals surface area contributed by atoms with Gasteiger partial charge in [0, 0.05) is 12.1 Å². The summed E-state index contributed by atoms with van der Waals surface area (Å²) < 4.78 is 55.8. The molecule has 1 fully saturated rings. The van der Waals surface area contributed by atoms with E-state index in [1.807, 2.05) is 10.6 Å². The van der Waals surface area contributed by atoms with Crippen molar-refractivity contribution < 1.29 is 22.4 Å². The number of H-pyrrole nitrogens is 1. The summed E-state index contributed by atoms with van der Waals surface area (Å²) in [7, 11) is 0. The number of fused-ring (bicyclic) bond motifs is 1. The summed E-state index contributed by atoms with van der Waals surface area (Å²) in [6.07, 6.45) is 1.66. The Morgan fingerprint density at radius 3 is 2.72 bits per heavy atom. The first-order chi connectivity index (χ1) is 18.8. The summed E-state index contributed by atoms with van der Waals surface area (Å²) in [6, 6.07) is 7.65. The van der Waals surface area contributed by atoms with Crippen LogP contribution in [-0.2, 0) is 6.18 Å². The van der Waals surface area contributed by atoms with E-state index < -0.39 is 22.8 Å². The fourth-order valence-corrected chi connectivity index (χ4v) is 5.63. The molecule has 5 aromatic rings. The molecule has 0 saturated heterocycles. The van der Waals surface area contributed by atoms with E-state index in [9.17, 15) is 22.4 Å². The third-order valence-corrected chi connectivity index (χ3v) is 7.72. The number of thiazole rings is 1. The maximum Gasteiger partial charge on any atom is 0.427 e. The van der Waals surface area contributed by atoms with E-state index >= 15 is 0 Å². The van der Waals surface area contributed by atoms with Gasteiger partial charge in [0.1, 0.15) is 34.1 Å². The Balaban J connectivity index is 1.35. The normalized spacial score (nSPS) is 17.9. The molecule has 14 heteroatoms. The fourth-order valence-electron chi connectivity index (χ4n) is 4.95. The average molecular weight is 557 g/mol. The van der Waals surface area contributed by atoms with E-state index in [1.54, 1.807) is 24.4 Å². The third-order valence-electron chi connectivity index (χ3n) is 6.67. The van der Waals surface area contributed by atoms with Crippen molar-refractivity contribution in [3.63, 3.8) is 0 Å². The Bertz CT molecular complexity index is 1650. The van der Waals surface area contributed by atoms with Gasteiger partial charge in [-0.25, -0.2) is 19.3 Å². The van der Waals surface area contributed by atoms with Gasteiger partial charge in [-0.2, -0.15) is 18.3 Å². The lowest BCUT2D eigenvalue weighted by Crippen LogP contribution is -2.39. The minimum Gasteiger partial charge on any atom is -0.347 e. The molecule has 200 valence electrons. The van der Waals surface area contributed by atoms with Crippen LogP contribution in [0.1, 0.15) is 46.4 Å². The van der Waals surface area contributed by atoms with Crippen molar-refractivity contribution in [1.82, 2.24) is 40.0 Å². The topological polar surface area (TPSA) is 114 Å². The lowest BCUT2D eigenvalue weighted by atomic mass is 9.90. The molecule has 1 aliphatic carbocycles. The van der Waals surface area contributed by atoms with Gasteiger partial charge in [0.15, 0.2) is 10.8 Å². The zero-order valence-electron chi connectivity index (χ0n) is 20.1. The van der Waals surface area contributed by atoms with Crippen LogP contribution in [0.4, 0.5) is 17.6 Å². The van der Waals surface area contributed by atoms with Gasteiger partial charge < -0.3 is 9.88 Å². The summed E-state index contributed by atoms with van der Waals surface area (Å²) in [6.45, 7) is 0. The standard InChI is InChI=1S/C25H20F4N8OS/c26-16-7-2-1-6-15(16)22-35-18-10-30-17(21-32-12-33-36-21)9-19(18)37(22)14-5-3-4-13(8-14)34-23(38)24-31-11-20(39-24)25(27,28)29/h1-2,6-7,9-14H,3-5,8H2,(H,34,38)(H,32,33,36). The van der Waals surface area contributed by atoms with Crippen molar-refractivity contribution in [1.29, 1.82) is 0 Å². The van der Waals surface area contributed by atoms with Crippen molar-refractivity contribution in [2.45, 2.75) is 43.9 Å². The van der Waals surface area contributed by atoms with Crippen molar-refractivity contribution in [3.8, 4) is 22.9 Å². The van der Waals surface area contributed by atoms with Crippen LogP contribution in [0.5, 0.6) is 0 Å². The van der Waals surface area contributed by atoms with Crippen LogP contribution in [0.15, 0.2) is 49.1 Å². The predicted octanol–water partition coefficient (Wildman–Crippen LogP) is 5.41. The van der Waals surface area contributed by atoms with Crippen LogP contribution in [0.2, 0.25) is 0 Å². The monoisotopic (exact) mass is 556 g/mol. The van der Waals surface area contributed by atoms with Gasteiger partial charge in [0.25, 0.3) is 5.91 Å². The van der Waals surface area contributed by atoms with Crippen LogP contribution < -0.4 is 5.32 Å². The van der Waals surface area contributed by atoms with Gasteiger partial charge in [-0.05, 0) is 43.9 Å². The molecule has 2 N–H and O–H groups in total. The number of imidazole rings is 1.